The first-order valence-corrected chi connectivity index (χ1v) is 7.54. The van der Waals surface area contributed by atoms with Gasteiger partial charge in [0.25, 0.3) is 10.0 Å². The van der Waals surface area contributed by atoms with Crippen LogP contribution in [0.4, 0.5) is 11.6 Å². The van der Waals surface area contributed by atoms with Gasteiger partial charge in [0.05, 0.1) is 5.69 Å². The number of aryl methyl sites for hydroxylation is 2. The molecule has 0 unspecified atom stereocenters. The standard InChI is InChI=1S/C12H13ClN4O2S/c1-7-5-8(2)16-12(15-7)17-20(18,19)11-6-9(13)3-4-10(11)14/h3-6H,14H2,1-2H3,(H,15,16,17). The Labute approximate surface area is 122 Å². The number of aromatic nitrogens is 2. The summed E-state index contributed by atoms with van der Waals surface area (Å²) >= 11 is 5.80. The minimum Gasteiger partial charge on any atom is -0.398 e. The largest absolute Gasteiger partial charge is 0.398 e. The molecule has 0 amide bonds. The highest BCUT2D eigenvalue weighted by atomic mass is 35.5. The minimum absolute atomic E-state index is 0.00174. The summed E-state index contributed by atoms with van der Waals surface area (Å²) < 4.78 is 26.8. The van der Waals surface area contributed by atoms with E-state index in [1.165, 1.54) is 18.2 Å². The first kappa shape index (κ1) is 14.5. The summed E-state index contributed by atoms with van der Waals surface area (Å²) in [5.41, 5.74) is 7.10. The summed E-state index contributed by atoms with van der Waals surface area (Å²) in [6.07, 6.45) is 0. The highest BCUT2D eigenvalue weighted by Crippen LogP contribution is 2.24. The van der Waals surface area contributed by atoms with E-state index in [4.69, 9.17) is 17.3 Å². The van der Waals surface area contributed by atoms with Crippen LogP contribution >= 0.6 is 11.6 Å². The molecule has 1 heterocycles. The number of hydrogen-bond donors (Lipinski definition) is 2. The van der Waals surface area contributed by atoms with E-state index in [0.717, 1.165) is 0 Å². The Balaban J connectivity index is 2.43. The average molecular weight is 313 g/mol. The van der Waals surface area contributed by atoms with Crippen LogP contribution in [0.25, 0.3) is 0 Å². The Morgan fingerprint density at radius 3 is 2.35 bits per heavy atom. The zero-order chi connectivity index (χ0) is 14.9. The molecule has 1 aromatic carbocycles. The Bertz CT molecular complexity index is 742. The maximum atomic E-state index is 12.3. The van der Waals surface area contributed by atoms with Crippen LogP contribution in [-0.2, 0) is 10.0 Å². The SMILES string of the molecule is Cc1cc(C)nc(NS(=O)(=O)c2cc(Cl)ccc2N)n1. The molecule has 6 nitrogen and oxygen atoms in total. The second kappa shape index (κ2) is 5.26. The molecule has 2 rings (SSSR count). The average Bonchev–Trinajstić information content (AvgIpc) is 2.30. The quantitative estimate of drug-likeness (QED) is 0.846. The van der Waals surface area contributed by atoms with Crippen LogP contribution in [0.2, 0.25) is 5.02 Å². The highest BCUT2D eigenvalue weighted by Gasteiger charge is 2.19. The van der Waals surface area contributed by atoms with E-state index in [0.29, 0.717) is 11.4 Å². The van der Waals surface area contributed by atoms with Crippen molar-refractivity contribution in [3.8, 4) is 0 Å². The first-order valence-electron chi connectivity index (χ1n) is 5.68. The molecule has 1 aromatic heterocycles. The fourth-order valence-electron chi connectivity index (χ4n) is 1.69. The van der Waals surface area contributed by atoms with Gasteiger partial charge in [-0.1, -0.05) is 11.6 Å². The number of nitrogen functional groups attached to an aromatic ring is 1. The van der Waals surface area contributed by atoms with E-state index in [1.54, 1.807) is 19.9 Å². The second-order valence-corrected chi connectivity index (χ2v) is 6.35. The first-order chi connectivity index (χ1) is 9.28. The Morgan fingerprint density at radius 2 is 1.75 bits per heavy atom. The number of halogens is 1. The van der Waals surface area contributed by atoms with Gasteiger partial charge in [0, 0.05) is 16.4 Å². The molecule has 0 spiro atoms. The van der Waals surface area contributed by atoms with E-state index in [-0.39, 0.29) is 21.6 Å². The molecule has 0 radical (unpaired) electrons. The van der Waals surface area contributed by atoms with Crippen molar-refractivity contribution in [2.45, 2.75) is 18.7 Å². The van der Waals surface area contributed by atoms with Crippen molar-refractivity contribution in [3.63, 3.8) is 0 Å². The molecule has 2 aromatic rings. The second-order valence-electron chi connectivity index (χ2n) is 4.26. The number of nitrogens with two attached hydrogens (primary N) is 1. The third kappa shape index (κ3) is 3.17. The maximum absolute atomic E-state index is 12.3. The van der Waals surface area contributed by atoms with E-state index < -0.39 is 10.0 Å². The molecular weight excluding hydrogens is 300 g/mol. The van der Waals surface area contributed by atoms with Gasteiger partial charge in [-0.2, -0.15) is 0 Å². The molecule has 0 aliphatic rings. The molecule has 106 valence electrons. The number of benzene rings is 1. The van der Waals surface area contributed by atoms with Gasteiger partial charge < -0.3 is 5.73 Å². The molecule has 0 saturated carbocycles. The van der Waals surface area contributed by atoms with E-state index >= 15 is 0 Å². The van der Waals surface area contributed by atoms with E-state index in [1.807, 2.05) is 0 Å². The molecule has 0 fully saturated rings. The summed E-state index contributed by atoms with van der Waals surface area (Å²) in [5.74, 6) is 0.00174. The lowest BCUT2D eigenvalue weighted by molar-refractivity contribution is 0.601. The van der Waals surface area contributed by atoms with Crippen molar-refractivity contribution in [2.75, 3.05) is 10.5 Å². The molecule has 3 N–H and O–H groups in total. The third-order valence-corrected chi connectivity index (χ3v) is 4.09. The Hall–Kier alpha value is -1.86. The fraction of sp³-hybridized carbons (Fsp3) is 0.167. The molecule has 0 saturated heterocycles. The van der Waals surface area contributed by atoms with Crippen molar-refractivity contribution < 1.29 is 8.42 Å². The molecule has 0 aliphatic carbocycles. The molecule has 20 heavy (non-hydrogen) atoms. The number of rotatable bonds is 3. The van der Waals surface area contributed by atoms with Crippen LogP contribution in [0.3, 0.4) is 0 Å². The summed E-state index contributed by atoms with van der Waals surface area (Å²) in [5, 5.41) is 0.279. The third-order valence-electron chi connectivity index (χ3n) is 2.47. The lowest BCUT2D eigenvalue weighted by Gasteiger charge is -2.10. The van der Waals surface area contributed by atoms with E-state index in [9.17, 15) is 8.42 Å². The van der Waals surface area contributed by atoms with Crippen molar-refractivity contribution in [3.05, 3.63) is 40.7 Å². The van der Waals surface area contributed by atoms with Gasteiger partial charge in [-0.25, -0.2) is 23.1 Å². The van der Waals surface area contributed by atoms with Gasteiger partial charge in [0.1, 0.15) is 4.90 Å². The lowest BCUT2D eigenvalue weighted by atomic mass is 10.3. The van der Waals surface area contributed by atoms with Gasteiger partial charge in [0.2, 0.25) is 5.95 Å². The minimum atomic E-state index is -3.88. The molecule has 0 bridgehead atoms. The molecule has 0 atom stereocenters. The van der Waals surface area contributed by atoms with Gasteiger partial charge in [-0.05, 0) is 38.1 Å². The van der Waals surface area contributed by atoms with Crippen LogP contribution in [0.5, 0.6) is 0 Å². The number of nitrogens with one attached hydrogen (secondary N) is 1. The van der Waals surface area contributed by atoms with Gasteiger partial charge in [-0.3, -0.25) is 0 Å². The van der Waals surface area contributed by atoms with Crippen LogP contribution < -0.4 is 10.5 Å². The number of nitrogens with zero attached hydrogens (tertiary/aromatic N) is 2. The fourth-order valence-corrected chi connectivity index (χ4v) is 3.03. The van der Waals surface area contributed by atoms with Crippen LogP contribution in [-0.4, -0.2) is 18.4 Å². The monoisotopic (exact) mass is 312 g/mol. The molecular formula is C12H13ClN4O2S. The van der Waals surface area contributed by atoms with Crippen molar-refractivity contribution in [1.82, 2.24) is 9.97 Å². The topological polar surface area (TPSA) is 98.0 Å². The zero-order valence-corrected chi connectivity index (χ0v) is 12.5. The predicted molar refractivity (Wildman–Crippen MR) is 78.2 cm³/mol. The molecule has 0 aliphatic heterocycles. The number of sulfonamides is 1. The van der Waals surface area contributed by atoms with Crippen LogP contribution in [0.15, 0.2) is 29.2 Å². The number of anilines is 2. The number of hydrogen-bond acceptors (Lipinski definition) is 5. The molecule has 8 heteroatoms. The van der Waals surface area contributed by atoms with Gasteiger partial charge >= 0.3 is 0 Å². The van der Waals surface area contributed by atoms with Crippen molar-refractivity contribution >= 4 is 33.3 Å². The van der Waals surface area contributed by atoms with Crippen molar-refractivity contribution in [1.29, 1.82) is 0 Å². The predicted octanol–water partition coefficient (Wildman–Crippen LogP) is 2.13. The zero-order valence-electron chi connectivity index (χ0n) is 10.9. The smallest absolute Gasteiger partial charge is 0.266 e. The van der Waals surface area contributed by atoms with Crippen LogP contribution in [0, 0.1) is 13.8 Å². The van der Waals surface area contributed by atoms with Gasteiger partial charge in [-0.15, -0.1) is 0 Å². The summed E-state index contributed by atoms with van der Waals surface area (Å²) in [4.78, 5) is 7.94. The van der Waals surface area contributed by atoms with Crippen molar-refractivity contribution in [2.24, 2.45) is 0 Å². The highest BCUT2D eigenvalue weighted by molar-refractivity contribution is 7.92. The van der Waals surface area contributed by atoms with E-state index in [2.05, 4.69) is 14.7 Å². The Kier molecular flexibility index (Phi) is 3.82. The summed E-state index contributed by atoms with van der Waals surface area (Å²) in [6, 6.07) is 5.97. The van der Waals surface area contributed by atoms with Gasteiger partial charge in [0.15, 0.2) is 0 Å². The summed E-state index contributed by atoms with van der Waals surface area (Å²) in [7, 11) is -3.88. The normalized spacial score (nSPS) is 11.3. The lowest BCUT2D eigenvalue weighted by Crippen LogP contribution is -2.17. The maximum Gasteiger partial charge on any atom is 0.266 e. The summed E-state index contributed by atoms with van der Waals surface area (Å²) in [6.45, 7) is 3.50. The Morgan fingerprint density at radius 1 is 1.15 bits per heavy atom. The van der Waals surface area contributed by atoms with Crippen LogP contribution in [0.1, 0.15) is 11.4 Å².